The molecule has 0 radical (unpaired) electrons. The molecule has 1 unspecified atom stereocenters. The largest absolute Gasteiger partial charge is 0.454 e. The molecule has 2 aromatic carbocycles. The summed E-state index contributed by atoms with van der Waals surface area (Å²) < 4.78 is 10.5. The normalized spacial score (nSPS) is 18.1. The van der Waals surface area contributed by atoms with Gasteiger partial charge in [-0.05, 0) is 30.2 Å². The molecule has 7 nitrogen and oxygen atoms in total. The van der Waals surface area contributed by atoms with Gasteiger partial charge in [0.1, 0.15) is 0 Å². The summed E-state index contributed by atoms with van der Waals surface area (Å²) in [6.07, 6.45) is 0.911. The van der Waals surface area contributed by atoms with Crippen LogP contribution in [0.5, 0.6) is 11.5 Å². The SMILES string of the molecule is O=C(CNC(=O)c1ccc2c(c1)OCO2)NC1CCN(Cc2ccccc2)C1. The van der Waals surface area contributed by atoms with E-state index in [1.165, 1.54) is 5.56 Å². The van der Waals surface area contributed by atoms with Crippen molar-refractivity contribution in [3.63, 3.8) is 0 Å². The number of likely N-dealkylation sites (tertiary alicyclic amines) is 1. The van der Waals surface area contributed by atoms with Crippen LogP contribution in [0.25, 0.3) is 0 Å². The summed E-state index contributed by atoms with van der Waals surface area (Å²) in [6, 6.07) is 15.4. The number of hydrogen-bond donors (Lipinski definition) is 2. The van der Waals surface area contributed by atoms with Crippen LogP contribution in [0.4, 0.5) is 0 Å². The second-order valence-corrected chi connectivity index (χ2v) is 7.02. The number of rotatable bonds is 6. The highest BCUT2D eigenvalue weighted by Crippen LogP contribution is 2.32. The quantitative estimate of drug-likeness (QED) is 0.793. The lowest BCUT2D eigenvalue weighted by molar-refractivity contribution is -0.120. The summed E-state index contributed by atoms with van der Waals surface area (Å²) >= 11 is 0. The van der Waals surface area contributed by atoms with Crippen molar-refractivity contribution < 1.29 is 19.1 Å². The summed E-state index contributed by atoms with van der Waals surface area (Å²) in [6.45, 7) is 2.75. The van der Waals surface area contributed by atoms with Gasteiger partial charge in [-0.15, -0.1) is 0 Å². The van der Waals surface area contributed by atoms with E-state index < -0.39 is 0 Å². The molecule has 4 rings (SSSR count). The Morgan fingerprint density at radius 3 is 2.75 bits per heavy atom. The highest BCUT2D eigenvalue weighted by atomic mass is 16.7. The van der Waals surface area contributed by atoms with E-state index in [4.69, 9.17) is 9.47 Å². The van der Waals surface area contributed by atoms with Crippen molar-refractivity contribution in [2.45, 2.75) is 19.0 Å². The Bertz CT molecular complexity index is 856. The molecule has 1 fully saturated rings. The van der Waals surface area contributed by atoms with Gasteiger partial charge in [-0.2, -0.15) is 0 Å². The van der Waals surface area contributed by atoms with Crippen molar-refractivity contribution in [3.05, 3.63) is 59.7 Å². The number of fused-ring (bicyclic) bond motifs is 1. The molecular weight excluding hydrogens is 358 g/mol. The fourth-order valence-corrected chi connectivity index (χ4v) is 3.51. The van der Waals surface area contributed by atoms with Gasteiger partial charge in [-0.1, -0.05) is 30.3 Å². The third kappa shape index (κ3) is 4.43. The van der Waals surface area contributed by atoms with Gasteiger partial charge in [0, 0.05) is 31.2 Å². The zero-order chi connectivity index (χ0) is 19.3. The maximum atomic E-state index is 12.2. The van der Waals surface area contributed by atoms with Crippen molar-refractivity contribution >= 4 is 11.8 Å². The van der Waals surface area contributed by atoms with Crippen molar-refractivity contribution in [1.82, 2.24) is 15.5 Å². The molecule has 0 saturated carbocycles. The van der Waals surface area contributed by atoms with Gasteiger partial charge >= 0.3 is 0 Å². The molecule has 0 spiro atoms. The first-order valence-electron chi connectivity index (χ1n) is 9.41. The first kappa shape index (κ1) is 18.3. The average molecular weight is 381 g/mol. The summed E-state index contributed by atoms with van der Waals surface area (Å²) in [5, 5.41) is 5.66. The summed E-state index contributed by atoms with van der Waals surface area (Å²) in [7, 11) is 0. The fourth-order valence-electron chi connectivity index (χ4n) is 3.51. The Morgan fingerprint density at radius 2 is 1.89 bits per heavy atom. The van der Waals surface area contributed by atoms with Crippen molar-refractivity contribution in [2.75, 3.05) is 26.4 Å². The van der Waals surface area contributed by atoms with Crippen molar-refractivity contribution in [3.8, 4) is 11.5 Å². The fraction of sp³-hybridized carbons (Fsp3) is 0.333. The standard InChI is InChI=1S/C21H23N3O4/c25-20(11-22-21(26)16-6-7-18-19(10-16)28-14-27-18)23-17-8-9-24(13-17)12-15-4-2-1-3-5-15/h1-7,10,17H,8-9,11-14H2,(H,22,26)(H,23,25). The van der Waals surface area contributed by atoms with Crippen LogP contribution in [0, 0.1) is 0 Å². The van der Waals surface area contributed by atoms with Gasteiger partial charge < -0.3 is 20.1 Å². The first-order chi connectivity index (χ1) is 13.7. The Morgan fingerprint density at radius 1 is 1.07 bits per heavy atom. The lowest BCUT2D eigenvalue weighted by Gasteiger charge is -2.17. The van der Waals surface area contributed by atoms with Crippen LogP contribution in [-0.2, 0) is 11.3 Å². The van der Waals surface area contributed by atoms with Crippen LogP contribution in [0.15, 0.2) is 48.5 Å². The number of ether oxygens (including phenoxy) is 2. The Labute approximate surface area is 163 Å². The highest BCUT2D eigenvalue weighted by molar-refractivity contribution is 5.97. The number of nitrogens with one attached hydrogen (secondary N) is 2. The van der Waals surface area contributed by atoms with E-state index in [-0.39, 0.29) is 31.2 Å². The van der Waals surface area contributed by atoms with E-state index in [9.17, 15) is 9.59 Å². The molecule has 0 aliphatic carbocycles. The summed E-state index contributed by atoms with van der Waals surface area (Å²) in [5.74, 6) is 0.670. The number of nitrogens with zero attached hydrogens (tertiary/aromatic N) is 1. The molecule has 0 aromatic heterocycles. The monoisotopic (exact) mass is 381 g/mol. The molecule has 28 heavy (non-hydrogen) atoms. The minimum absolute atomic E-state index is 0.0531. The number of carbonyl (C=O) groups excluding carboxylic acids is 2. The third-order valence-electron chi connectivity index (χ3n) is 4.93. The van der Waals surface area contributed by atoms with Gasteiger partial charge in [0.05, 0.1) is 6.54 Å². The Kier molecular flexibility index (Phi) is 5.43. The third-order valence-corrected chi connectivity index (χ3v) is 4.93. The zero-order valence-electron chi connectivity index (χ0n) is 15.5. The van der Waals surface area contributed by atoms with Gasteiger partial charge in [-0.25, -0.2) is 0 Å². The van der Waals surface area contributed by atoms with E-state index in [0.717, 1.165) is 26.1 Å². The second kappa shape index (κ2) is 8.31. The lowest BCUT2D eigenvalue weighted by Crippen LogP contribution is -2.43. The molecule has 2 amide bonds. The second-order valence-electron chi connectivity index (χ2n) is 7.02. The minimum Gasteiger partial charge on any atom is -0.454 e. The van der Waals surface area contributed by atoms with E-state index in [1.54, 1.807) is 18.2 Å². The van der Waals surface area contributed by atoms with Crippen LogP contribution in [0.3, 0.4) is 0 Å². The molecule has 146 valence electrons. The molecular formula is C21H23N3O4. The maximum absolute atomic E-state index is 12.2. The predicted octanol–water partition coefficient (Wildman–Crippen LogP) is 1.54. The topological polar surface area (TPSA) is 79.9 Å². The molecule has 1 saturated heterocycles. The molecule has 7 heteroatoms. The van der Waals surface area contributed by atoms with E-state index in [2.05, 4.69) is 27.7 Å². The van der Waals surface area contributed by atoms with Crippen molar-refractivity contribution in [1.29, 1.82) is 0 Å². The molecule has 2 aliphatic heterocycles. The summed E-state index contributed by atoms with van der Waals surface area (Å²) in [5.41, 5.74) is 1.71. The highest BCUT2D eigenvalue weighted by Gasteiger charge is 2.24. The van der Waals surface area contributed by atoms with Gasteiger partial charge in [0.25, 0.3) is 5.91 Å². The van der Waals surface area contributed by atoms with E-state index in [0.29, 0.717) is 17.1 Å². The van der Waals surface area contributed by atoms with Gasteiger partial charge in [-0.3, -0.25) is 14.5 Å². The zero-order valence-corrected chi connectivity index (χ0v) is 15.5. The van der Waals surface area contributed by atoms with Crippen LogP contribution < -0.4 is 20.1 Å². The average Bonchev–Trinajstić information content (AvgIpc) is 3.35. The van der Waals surface area contributed by atoms with Crippen LogP contribution in [0.2, 0.25) is 0 Å². The maximum Gasteiger partial charge on any atom is 0.251 e. The van der Waals surface area contributed by atoms with E-state index in [1.807, 2.05) is 18.2 Å². The van der Waals surface area contributed by atoms with Gasteiger partial charge in [0.15, 0.2) is 11.5 Å². The van der Waals surface area contributed by atoms with Crippen LogP contribution >= 0.6 is 0 Å². The molecule has 1 atom stereocenters. The number of benzene rings is 2. The van der Waals surface area contributed by atoms with E-state index >= 15 is 0 Å². The van der Waals surface area contributed by atoms with Crippen molar-refractivity contribution in [2.24, 2.45) is 0 Å². The molecule has 2 aromatic rings. The van der Waals surface area contributed by atoms with Crippen LogP contribution in [0.1, 0.15) is 22.3 Å². The first-order valence-corrected chi connectivity index (χ1v) is 9.41. The Hall–Kier alpha value is -3.06. The lowest BCUT2D eigenvalue weighted by atomic mass is 10.2. The summed E-state index contributed by atoms with van der Waals surface area (Å²) in [4.78, 5) is 26.8. The van der Waals surface area contributed by atoms with Crippen LogP contribution in [-0.4, -0.2) is 49.2 Å². The molecule has 2 heterocycles. The predicted molar refractivity (Wildman–Crippen MR) is 103 cm³/mol. The Balaban J connectivity index is 1.21. The van der Waals surface area contributed by atoms with Gasteiger partial charge in [0.2, 0.25) is 12.7 Å². The number of carbonyl (C=O) groups is 2. The molecule has 2 N–H and O–H groups in total. The number of amides is 2. The molecule has 0 bridgehead atoms. The minimum atomic E-state index is -0.314. The smallest absolute Gasteiger partial charge is 0.251 e. The number of hydrogen-bond acceptors (Lipinski definition) is 5. The molecule has 2 aliphatic rings.